The molecule has 21 heavy (non-hydrogen) atoms. The molecule has 3 aromatic rings. The minimum Gasteiger partial charge on any atom is -0.288 e. The zero-order valence-corrected chi connectivity index (χ0v) is 13.9. The fourth-order valence-corrected chi connectivity index (χ4v) is 3.12. The van der Waals surface area contributed by atoms with Crippen LogP contribution in [0.3, 0.4) is 0 Å². The lowest BCUT2D eigenvalue weighted by atomic mass is 9.97. The van der Waals surface area contributed by atoms with E-state index in [1.54, 1.807) is 12.1 Å². The van der Waals surface area contributed by atoms with Crippen LogP contribution < -0.4 is 0 Å². The molecule has 1 nitrogen and oxygen atoms in total. The smallest absolute Gasteiger partial charge is 0.196 e. The van der Waals surface area contributed by atoms with Crippen molar-refractivity contribution in [2.24, 2.45) is 0 Å². The zero-order chi connectivity index (χ0) is 15.0. The van der Waals surface area contributed by atoms with Crippen molar-refractivity contribution in [2.75, 3.05) is 0 Å². The van der Waals surface area contributed by atoms with Gasteiger partial charge in [0, 0.05) is 14.5 Å². The van der Waals surface area contributed by atoms with Gasteiger partial charge in [-0.15, -0.1) is 0 Å². The van der Waals surface area contributed by atoms with E-state index in [-0.39, 0.29) is 11.3 Å². The third-order valence-corrected chi connectivity index (χ3v) is 4.47. The summed E-state index contributed by atoms with van der Waals surface area (Å²) in [5, 5.41) is 1.73. The molecule has 0 aliphatic heterocycles. The first-order valence-electron chi connectivity index (χ1n) is 6.25. The standard InChI is InChI=1S/C17H9Br2FO/c18-10-5-8-16(20)14(9-10)17(21)13-6-7-15(19)12-4-2-1-3-11(12)13/h1-9H. The summed E-state index contributed by atoms with van der Waals surface area (Å²) >= 11 is 6.74. The lowest BCUT2D eigenvalue weighted by molar-refractivity contribution is 0.103. The first-order chi connectivity index (χ1) is 10.1. The molecule has 0 saturated heterocycles. The van der Waals surface area contributed by atoms with Crippen LogP contribution in [-0.4, -0.2) is 5.78 Å². The monoisotopic (exact) mass is 406 g/mol. The van der Waals surface area contributed by atoms with Gasteiger partial charge in [-0.25, -0.2) is 4.39 Å². The maximum atomic E-state index is 13.9. The maximum absolute atomic E-state index is 13.9. The van der Waals surface area contributed by atoms with E-state index >= 15 is 0 Å². The van der Waals surface area contributed by atoms with Gasteiger partial charge in [-0.2, -0.15) is 0 Å². The highest BCUT2D eigenvalue weighted by Gasteiger charge is 2.17. The van der Waals surface area contributed by atoms with Crippen LogP contribution in [0.2, 0.25) is 0 Å². The first kappa shape index (κ1) is 14.4. The highest BCUT2D eigenvalue weighted by Crippen LogP contribution is 2.29. The van der Waals surface area contributed by atoms with Crippen LogP contribution in [0.4, 0.5) is 4.39 Å². The number of carbonyl (C=O) groups excluding carboxylic acids is 1. The van der Waals surface area contributed by atoms with Crippen molar-refractivity contribution in [1.29, 1.82) is 0 Å². The first-order valence-corrected chi connectivity index (χ1v) is 7.83. The van der Waals surface area contributed by atoms with Gasteiger partial charge in [-0.05, 0) is 41.1 Å². The average molecular weight is 408 g/mol. The van der Waals surface area contributed by atoms with Gasteiger partial charge in [0.1, 0.15) is 5.82 Å². The fraction of sp³-hybridized carbons (Fsp3) is 0. The molecule has 3 aromatic carbocycles. The number of ketones is 1. The SMILES string of the molecule is O=C(c1cc(Br)ccc1F)c1ccc(Br)c2ccccc12. The number of carbonyl (C=O) groups is 1. The van der Waals surface area contributed by atoms with Gasteiger partial charge in [-0.1, -0.05) is 56.1 Å². The van der Waals surface area contributed by atoms with Crippen molar-refractivity contribution in [2.45, 2.75) is 0 Å². The van der Waals surface area contributed by atoms with E-state index in [0.717, 1.165) is 15.2 Å². The van der Waals surface area contributed by atoms with Gasteiger partial charge in [0.05, 0.1) is 5.56 Å². The maximum Gasteiger partial charge on any atom is 0.196 e. The summed E-state index contributed by atoms with van der Waals surface area (Å²) in [6.45, 7) is 0. The number of fused-ring (bicyclic) bond motifs is 1. The molecule has 0 bridgehead atoms. The van der Waals surface area contributed by atoms with Gasteiger partial charge in [-0.3, -0.25) is 4.79 Å². The Morgan fingerprint density at radius 1 is 0.857 bits per heavy atom. The number of hydrogen-bond acceptors (Lipinski definition) is 1. The summed E-state index contributed by atoms with van der Waals surface area (Å²) in [5.74, 6) is -0.840. The van der Waals surface area contributed by atoms with Crippen molar-refractivity contribution in [1.82, 2.24) is 0 Å². The van der Waals surface area contributed by atoms with E-state index in [1.807, 2.05) is 30.3 Å². The summed E-state index contributed by atoms with van der Waals surface area (Å²) in [4.78, 5) is 12.7. The van der Waals surface area contributed by atoms with E-state index in [9.17, 15) is 9.18 Å². The predicted octanol–water partition coefficient (Wildman–Crippen LogP) is 5.73. The van der Waals surface area contributed by atoms with Gasteiger partial charge >= 0.3 is 0 Å². The summed E-state index contributed by atoms with van der Waals surface area (Å²) in [6.07, 6.45) is 0. The molecule has 0 amide bonds. The van der Waals surface area contributed by atoms with Crippen molar-refractivity contribution >= 4 is 48.4 Å². The van der Waals surface area contributed by atoms with Crippen LogP contribution in [0.25, 0.3) is 10.8 Å². The van der Waals surface area contributed by atoms with Crippen molar-refractivity contribution in [3.8, 4) is 0 Å². The molecular weight excluding hydrogens is 399 g/mol. The average Bonchev–Trinajstić information content (AvgIpc) is 2.50. The molecule has 104 valence electrons. The third-order valence-electron chi connectivity index (χ3n) is 3.29. The second-order valence-corrected chi connectivity index (χ2v) is 6.36. The lowest BCUT2D eigenvalue weighted by Gasteiger charge is -2.08. The minimum absolute atomic E-state index is 0.0665. The summed E-state index contributed by atoms with van der Waals surface area (Å²) in [5.41, 5.74) is 0.558. The van der Waals surface area contributed by atoms with E-state index in [4.69, 9.17) is 0 Å². The van der Waals surface area contributed by atoms with Crippen LogP contribution in [0.15, 0.2) is 63.5 Å². The van der Waals surface area contributed by atoms with Gasteiger partial charge in [0.2, 0.25) is 0 Å². The Bertz CT molecular complexity index is 859. The van der Waals surface area contributed by atoms with E-state index in [2.05, 4.69) is 31.9 Å². The van der Waals surface area contributed by atoms with Crippen LogP contribution in [0.1, 0.15) is 15.9 Å². The lowest BCUT2D eigenvalue weighted by Crippen LogP contribution is -2.05. The molecule has 0 radical (unpaired) electrons. The molecule has 0 unspecified atom stereocenters. The topological polar surface area (TPSA) is 17.1 Å². The predicted molar refractivity (Wildman–Crippen MR) is 89.2 cm³/mol. The Hall–Kier alpha value is -1.52. The Balaban J connectivity index is 2.23. The van der Waals surface area contributed by atoms with E-state index < -0.39 is 5.82 Å². The van der Waals surface area contributed by atoms with Crippen molar-refractivity contribution in [3.63, 3.8) is 0 Å². The Kier molecular flexibility index (Phi) is 3.91. The van der Waals surface area contributed by atoms with Crippen LogP contribution in [0.5, 0.6) is 0 Å². The van der Waals surface area contributed by atoms with Crippen LogP contribution in [-0.2, 0) is 0 Å². The largest absolute Gasteiger partial charge is 0.288 e. The molecule has 3 rings (SSSR count). The second-order valence-electron chi connectivity index (χ2n) is 4.59. The Morgan fingerprint density at radius 3 is 2.33 bits per heavy atom. The molecule has 0 fully saturated rings. The van der Waals surface area contributed by atoms with Gasteiger partial charge in [0.25, 0.3) is 0 Å². The van der Waals surface area contributed by atoms with Crippen LogP contribution >= 0.6 is 31.9 Å². The third kappa shape index (κ3) is 2.65. The van der Waals surface area contributed by atoms with Gasteiger partial charge < -0.3 is 0 Å². The molecule has 0 heterocycles. The highest BCUT2D eigenvalue weighted by atomic mass is 79.9. The molecular formula is C17H9Br2FO. The number of hydrogen-bond donors (Lipinski definition) is 0. The van der Waals surface area contributed by atoms with Crippen molar-refractivity contribution in [3.05, 3.63) is 80.5 Å². The van der Waals surface area contributed by atoms with Crippen molar-refractivity contribution < 1.29 is 9.18 Å². The second kappa shape index (κ2) is 5.70. The zero-order valence-electron chi connectivity index (χ0n) is 10.7. The minimum atomic E-state index is -0.518. The van der Waals surface area contributed by atoms with Crippen LogP contribution in [0, 0.1) is 5.82 Å². The van der Waals surface area contributed by atoms with E-state index in [1.165, 1.54) is 12.1 Å². The molecule has 0 N–H and O–H groups in total. The highest BCUT2D eigenvalue weighted by molar-refractivity contribution is 9.11. The summed E-state index contributed by atoms with van der Waals surface area (Å²) in [7, 11) is 0. The number of benzene rings is 3. The summed E-state index contributed by atoms with van der Waals surface area (Å²) in [6, 6.07) is 15.5. The Labute approximate surface area is 138 Å². The van der Waals surface area contributed by atoms with E-state index in [0.29, 0.717) is 10.0 Å². The number of rotatable bonds is 2. The molecule has 0 saturated carbocycles. The molecule has 0 aliphatic rings. The molecule has 4 heteroatoms. The quantitative estimate of drug-likeness (QED) is 0.495. The Morgan fingerprint density at radius 2 is 1.57 bits per heavy atom. The molecule has 0 aromatic heterocycles. The molecule has 0 spiro atoms. The molecule has 0 aliphatic carbocycles. The normalized spacial score (nSPS) is 10.8. The van der Waals surface area contributed by atoms with Gasteiger partial charge in [0.15, 0.2) is 5.78 Å². The summed E-state index contributed by atoms with van der Waals surface area (Å²) < 4.78 is 15.5. The number of halogens is 3. The molecule has 0 atom stereocenters. The fourth-order valence-electron chi connectivity index (χ4n) is 2.28.